The smallest absolute Gasteiger partial charge is 0.173 e. The molecule has 0 heterocycles. The van der Waals surface area contributed by atoms with E-state index in [1.54, 1.807) is 0 Å². The maximum Gasteiger partial charge on any atom is 0.173 e. The van der Waals surface area contributed by atoms with Crippen LogP contribution in [0, 0.1) is 6.92 Å². The average molecular weight is 329 g/mol. The molecule has 0 spiro atoms. The largest absolute Gasteiger partial charge is 0.357 e. The summed E-state index contributed by atoms with van der Waals surface area (Å²) in [5, 5.41) is 4.16. The molecule has 0 radical (unpaired) electrons. The van der Waals surface area contributed by atoms with Gasteiger partial charge in [-0.2, -0.15) is 0 Å². The molecule has 0 amide bonds. The Balaban J connectivity index is 2.13. The van der Waals surface area contributed by atoms with Crippen LogP contribution in [0.1, 0.15) is 11.1 Å². The number of anilines is 1. The quantitative estimate of drug-likeness (QED) is 0.792. The second kappa shape index (κ2) is 8.65. The number of nitrogens with one attached hydrogen (secondary N) is 2. The molecule has 0 fully saturated rings. The van der Waals surface area contributed by atoms with E-state index in [-0.39, 0.29) is 0 Å². The molecule has 0 unspecified atom stereocenters. The predicted molar refractivity (Wildman–Crippen MR) is 102 cm³/mol. The number of quaternary nitrogens is 1. The minimum absolute atomic E-state index is 0.768. The van der Waals surface area contributed by atoms with Gasteiger partial charge in [0.1, 0.15) is 0 Å². The van der Waals surface area contributed by atoms with Crippen LogP contribution in [-0.2, 0) is 6.54 Å². The fourth-order valence-electron chi connectivity index (χ4n) is 2.29. The zero-order valence-corrected chi connectivity index (χ0v) is 15.0. The van der Waals surface area contributed by atoms with Crippen LogP contribution >= 0.6 is 12.2 Å². The maximum atomic E-state index is 5.65. The van der Waals surface area contributed by atoms with Crippen LogP contribution in [0.15, 0.2) is 54.6 Å². The lowest BCUT2D eigenvalue weighted by Crippen LogP contribution is -3.06. The van der Waals surface area contributed by atoms with Gasteiger partial charge >= 0.3 is 0 Å². The van der Waals surface area contributed by atoms with E-state index in [2.05, 4.69) is 79.8 Å². The maximum absolute atomic E-state index is 5.65. The summed E-state index contributed by atoms with van der Waals surface area (Å²) in [5.74, 6) is 0. The Kier molecular flexibility index (Phi) is 6.56. The lowest BCUT2D eigenvalue weighted by atomic mass is 10.2. The van der Waals surface area contributed by atoms with Crippen molar-refractivity contribution in [2.75, 3.05) is 32.1 Å². The molecule has 2 N–H and O–H groups in total. The highest BCUT2D eigenvalue weighted by Gasteiger charge is 2.13. The zero-order valence-electron chi connectivity index (χ0n) is 14.2. The fourth-order valence-corrected chi connectivity index (χ4v) is 2.56. The van der Waals surface area contributed by atoms with E-state index >= 15 is 0 Å². The number of nitrogens with zero attached hydrogens (tertiary/aromatic N) is 1. The van der Waals surface area contributed by atoms with Gasteiger partial charge in [0.05, 0.1) is 33.7 Å². The lowest BCUT2D eigenvalue weighted by Gasteiger charge is -2.26. The summed E-state index contributed by atoms with van der Waals surface area (Å²) in [6.45, 7) is 4.78. The van der Waals surface area contributed by atoms with Crippen molar-refractivity contribution in [2.45, 2.75) is 13.5 Å². The molecule has 0 saturated carbocycles. The zero-order chi connectivity index (χ0) is 16.7. The van der Waals surface area contributed by atoms with Gasteiger partial charge in [0.15, 0.2) is 5.11 Å². The number of likely N-dealkylation sites (N-methyl/N-ethyl adjacent to an activating group) is 1. The topological polar surface area (TPSA) is 19.7 Å². The Morgan fingerprint density at radius 3 is 2.30 bits per heavy atom. The molecule has 0 aromatic heterocycles. The van der Waals surface area contributed by atoms with Gasteiger partial charge < -0.3 is 15.1 Å². The molecular weight excluding hydrogens is 302 g/mol. The van der Waals surface area contributed by atoms with Crippen molar-refractivity contribution in [1.29, 1.82) is 0 Å². The molecule has 0 atom stereocenters. The fraction of sp³-hybridized carbons (Fsp3) is 0.316. The van der Waals surface area contributed by atoms with Crippen molar-refractivity contribution in [3.8, 4) is 0 Å². The van der Waals surface area contributed by atoms with Crippen LogP contribution in [-0.4, -0.2) is 32.3 Å². The molecule has 3 nitrogen and oxygen atoms in total. The monoisotopic (exact) mass is 328 g/mol. The summed E-state index contributed by atoms with van der Waals surface area (Å²) in [6, 6.07) is 18.9. The van der Waals surface area contributed by atoms with Crippen molar-refractivity contribution < 1.29 is 4.90 Å². The molecular formula is C19H26N3S+. The molecule has 0 saturated heterocycles. The van der Waals surface area contributed by atoms with Crippen LogP contribution in [0.4, 0.5) is 5.69 Å². The molecule has 4 heteroatoms. The Bertz CT molecular complexity index is 608. The van der Waals surface area contributed by atoms with Gasteiger partial charge in [-0.3, -0.25) is 0 Å². The van der Waals surface area contributed by atoms with Crippen molar-refractivity contribution in [3.63, 3.8) is 0 Å². The molecule has 2 aromatic carbocycles. The summed E-state index contributed by atoms with van der Waals surface area (Å²) in [6.07, 6.45) is 0. The molecule has 122 valence electrons. The first-order chi connectivity index (χ1) is 11.1. The molecule has 0 aliphatic carbocycles. The number of hydrogen-bond acceptors (Lipinski definition) is 1. The van der Waals surface area contributed by atoms with Gasteiger partial charge in [-0.25, -0.2) is 0 Å². The molecule has 2 aromatic rings. The summed E-state index contributed by atoms with van der Waals surface area (Å²) in [5.41, 5.74) is 3.62. The van der Waals surface area contributed by atoms with Crippen LogP contribution in [0.25, 0.3) is 0 Å². The van der Waals surface area contributed by atoms with Crippen LogP contribution < -0.4 is 15.1 Å². The standard InChI is InChI=1S/C19H25N3S/c1-16-9-11-18(12-10-16)22(15-17-7-5-4-6-8-17)19(23)20-13-14-21(2)3/h4-12H,13-15H2,1-3H3,(H,20,23)/p+1. The van der Waals surface area contributed by atoms with Gasteiger partial charge in [0.2, 0.25) is 0 Å². The molecule has 2 rings (SSSR count). The highest BCUT2D eigenvalue weighted by molar-refractivity contribution is 7.80. The highest BCUT2D eigenvalue weighted by Crippen LogP contribution is 2.18. The third-order valence-corrected chi connectivity index (χ3v) is 4.04. The number of rotatable bonds is 6. The number of aryl methyl sites for hydroxylation is 1. The third-order valence-electron chi connectivity index (χ3n) is 3.68. The normalized spacial score (nSPS) is 10.6. The Labute approximate surface area is 144 Å². The van der Waals surface area contributed by atoms with Crippen molar-refractivity contribution >= 4 is 23.0 Å². The van der Waals surface area contributed by atoms with Crippen molar-refractivity contribution in [1.82, 2.24) is 5.32 Å². The first-order valence-corrected chi connectivity index (χ1v) is 8.42. The van der Waals surface area contributed by atoms with Crippen LogP contribution in [0.3, 0.4) is 0 Å². The minimum atomic E-state index is 0.768. The average Bonchev–Trinajstić information content (AvgIpc) is 2.54. The molecule has 0 aliphatic rings. The van der Waals surface area contributed by atoms with E-state index in [0.29, 0.717) is 0 Å². The van der Waals surface area contributed by atoms with Gasteiger partial charge in [0.25, 0.3) is 0 Å². The van der Waals surface area contributed by atoms with Gasteiger partial charge in [-0.15, -0.1) is 0 Å². The number of benzene rings is 2. The van der Waals surface area contributed by atoms with Gasteiger partial charge in [0, 0.05) is 5.69 Å². The number of thiocarbonyl (C=S) groups is 1. The summed E-state index contributed by atoms with van der Waals surface area (Å²) in [4.78, 5) is 3.57. The molecule has 0 aliphatic heterocycles. The minimum Gasteiger partial charge on any atom is -0.357 e. The SMILES string of the molecule is Cc1ccc(N(Cc2ccccc2)C(=S)NCC[NH+](C)C)cc1. The summed E-state index contributed by atoms with van der Waals surface area (Å²) < 4.78 is 0. The lowest BCUT2D eigenvalue weighted by molar-refractivity contribution is -0.856. The van der Waals surface area contributed by atoms with E-state index in [9.17, 15) is 0 Å². The molecule has 23 heavy (non-hydrogen) atoms. The Hall–Kier alpha value is -1.91. The molecule has 0 bridgehead atoms. The number of hydrogen-bond donors (Lipinski definition) is 2. The van der Waals surface area contributed by atoms with E-state index < -0.39 is 0 Å². The van der Waals surface area contributed by atoms with E-state index in [1.165, 1.54) is 16.0 Å². The van der Waals surface area contributed by atoms with E-state index in [4.69, 9.17) is 12.2 Å². The predicted octanol–water partition coefficient (Wildman–Crippen LogP) is 2.02. The van der Waals surface area contributed by atoms with Crippen molar-refractivity contribution in [2.24, 2.45) is 0 Å². The van der Waals surface area contributed by atoms with Gasteiger partial charge in [-0.05, 0) is 36.8 Å². The van der Waals surface area contributed by atoms with Gasteiger partial charge in [-0.1, -0.05) is 48.0 Å². The second-order valence-corrected chi connectivity index (χ2v) is 6.48. The second-order valence-electron chi connectivity index (χ2n) is 6.10. The first kappa shape index (κ1) is 17.4. The van der Waals surface area contributed by atoms with Crippen LogP contribution in [0.5, 0.6) is 0 Å². The summed E-state index contributed by atoms with van der Waals surface area (Å²) in [7, 11) is 4.29. The third kappa shape index (κ3) is 5.66. The highest BCUT2D eigenvalue weighted by atomic mass is 32.1. The van der Waals surface area contributed by atoms with Crippen molar-refractivity contribution in [3.05, 3.63) is 65.7 Å². The van der Waals surface area contributed by atoms with E-state index in [1.807, 2.05) is 6.07 Å². The van der Waals surface area contributed by atoms with E-state index in [0.717, 1.165) is 30.4 Å². The summed E-state index contributed by atoms with van der Waals surface area (Å²) >= 11 is 5.65. The first-order valence-electron chi connectivity index (χ1n) is 8.01. The van der Waals surface area contributed by atoms with Crippen LogP contribution in [0.2, 0.25) is 0 Å². The Morgan fingerprint density at radius 1 is 1.04 bits per heavy atom. The Morgan fingerprint density at radius 2 is 1.70 bits per heavy atom.